The Bertz CT molecular complexity index is 216. The summed E-state index contributed by atoms with van der Waals surface area (Å²) in [6.45, 7) is 1.61. The summed E-state index contributed by atoms with van der Waals surface area (Å²) >= 11 is 1.60. The molecule has 13 heavy (non-hydrogen) atoms. The van der Waals surface area contributed by atoms with Gasteiger partial charge in [0.2, 0.25) is 0 Å². The third kappa shape index (κ3) is 4.33. The lowest BCUT2D eigenvalue weighted by atomic mass is 10.4. The summed E-state index contributed by atoms with van der Waals surface area (Å²) in [5.41, 5.74) is 0. The van der Waals surface area contributed by atoms with Crippen LogP contribution in [0.5, 0.6) is 0 Å². The summed E-state index contributed by atoms with van der Waals surface area (Å²) in [7, 11) is 1.57. The molecule has 1 heterocycles. The molecule has 74 valence electrons. The number of thiazole rings is 1. The Morgan fingerprint density at radius 2 is 2.62 bits per heavy atom. The quantitative estimate of drug-likeness (QED) is 0.694. The maximum absolute atomic E-state index is 9.27. The highest BCUT2D eigenvalue weighted by atomic mass is 32.1. The first kappa shape index (κ1) is 10.6. The van der Waals surface area contributed by atoms with Crippen LogP contribution < -0.4 is 5.32 Å². The van der Waals surface area contributed by atoms with Crippen LogP contribution in [0.25, 0.3) is 0 Å². The van der Waals surface area contributed by atoms with Crippen molar-refractivity contribution in [2.75, 3.05) is 20.3 Å². The zero-order chi connectivity index (χ0) is 9.52. The minimum atomic E-state index is -0.440. The number of aromatic nitrogens is 1. The molecule has 5 heteroatoms. The molecule has 1 rings (SSSR count). The summed E-state index contributed by atoms with van der Waals surface area (Å²) in [5, 5.41) is 15.3. The van der Waals surface area contributed by atoms with Gasteiger partial charge in [-0.1, -0.05) is 0 Å². The van der Waals surface area contributed by atoms with Gasteiger partial charge in [-0.3, -0.25) is 0 Å². The number of hydrogen-bond donors (Lipinski definition) is 2. The number of rotatable bonds is 6. The van der Waals surface area contributed by atoms with E-state index in [9.17, 15) is 5.11 Å². The van der Waals surface area contributed by atoms with Gasteiger partial charge < -0.3 is 15.2 Å². The molecule has 0 fully saturated rings. The van der Waals surface area contributed by atoms with E-state index >= 15 is 0 Å². The van der Waals surface area contributed by atoms with Crippen molar-refractivity contribution >= 4 is 11.3 Å². The lowest BCUT2D eigenvalue weighted by molar-refractivity contribution is 0.0644. The van der Waals surface area contributed by atoms with Gasteiger partial charge in [0.15, 0.2) is 0 Å². The molecule has 2 N–H and O–H groups in total. The molecule has 0 saturated heterocycles. The molecule has 1 aromatic heterocycles. The van der Waals surface area contributed by atoms with Crippen molar-refractivity contribution in [2.24, 2.45) is 0 Å². The average molecular weight is 202 g/mol. The van der Waals surface area contributed by atoms with E-state index in [4.69, 9.17) is 4.74 Å². The molecule has 0 aliphatic carbocycles. The maximum Gasteiger partial charge on any atom is 0.106 e. The molecular weight excluding hydrogens is 188 g/mol. The number of ether oxygens (including phenoxy) is 1. The summed E-state index contributed by atoms with van der Waals surface area (Å²) in [4.78, 5) is 4.10. The first-order valence-electron chi connectivity index (χ1n) is 4.09. The van der Waals surface area contributed by atoms with Crippen molar-refractivity contribution in [1.82, 2.24) is 10.3 Å². The lowest BCUT2D eigenvalue weighted by Crippen LogP contribution is -2.29. The van der Waals surface area contributed by atoms with E-state index in [-0.39, 0.29) is 0 Å². The number of nitrogens with one attached hydrogen (secondary N) is 1. The van der Waals surface area contributed by atoms with Crippen LogP contribution in [0.15, 0.2) is 11.6 Å². The predicted octanol–water partition coefficient (Wildman–Crippen LogP) is 0.240. The van der Waals surface area contributed by atoms with Gasteiger partial charge in [0.25, 0.3) is 0 Å². The minimum absolute atomic E-state index is 0.366. The number of aliphatic hydroxyl groups is 1. The predicted molar refractivity (Wildman–Crippen MR) is 51.7 cm³/mol. The molecule has 0 bridgehead atoms. The summed E-state index contributed by atoms with van der Waals surface area (Å²) in [6.07, 6.45) is 1.33. The zero-order valence-corrected chi connectivity index (χ0v) is 8.38. The largest absolute Gasteiger partial charge is 0.389 e. The Hall–Kier alpha value is -0.490. The Morgan fingerprint density at radius 3 is 3.23 bits per heavy atom. The van der Waals surface area contributed by atoms with Gasteiger partial charge >= 0.3 is 0 Å². The van der Waals surface area contributed by atoms with Crippen molar-refractivity contribution < 1.29 is 9.84 Å². The van der Waals surface area contributed by atoms with Crippen molar-refractivity contribution in [3.8, 4) is 0 Å². The van der Waals surface area contributed by atoms with Crippen LogP contribution in [-0.4, -0.2) is 36.5 Å². The monoisotopic (exact) mass is 202 g/mol. The SMILES string of the molecule is COCC(O)CNCc1nccs1. The minimum Gasteiger partial charge on any atom is -0.389 e. The van der Waals surface area contributed by atoms with Crippen LogP contribution in [0, 0.1) is 0 Å². The molecule has 4 nitrogen and oxygen atoms in total. The molecule has 0 saturated carbocycles. The number of methoxy groups -OCH3 is 1. The fraction of sp³-hybridized carbons (Fsp3) is 0.625. The van der Waals surface area contributed by atoms with Crippen LogP contribution in [0.1, 0.15) is 5.01 Å². The van der Waals surface area contributed by atoms with E-state index in [2.05, 4.69) is 10.3 Å². The first-order chi connectivity index (χ1) is 6.33. The highest BCUT2D eigenvalue weighted by Gasteiger charge is 2.02. The molecular formula is C8H14N2O2S. The molecule has 1 unspecified atom stereocenters. The van der Waals surface area contributed by atoms with Crippen LogP contribution in [-0.2, 0) is 11.3 Å². The van der Waals surface area contributed by atoms with Gasteiger partial charge in [0.05, 0.1) is 12.7 Å². The molecule has 1 atom stereocenters. The van der Waals surface area contributed by atoms with Gasteiger partial charge in [0.1, 0.15) is 5.01 Å². The zero-order valence-electron chi connectivity index (χ0n) is 7.56. The lowest BCUT2D eigenvalue weighted by Gasteiger charge is -2.09. The second-order valence-corrected chi connectivity index (χ2v) is 3.65. The van der Waals surface area contributed by atoms with Gasteiger partial charge in [-0.2, -0.15) is 0 Å². The molecule has 1 aromatic rings. The summed E-state index contributed by atoms with van der Waals surface area (Å²) in [5.74, 6) is 0. The van der Waals surface area contributed by atoms with Crippen molar-refractivity contribution in [2.45, 2.75) is 12.6 Å². The van der Waals surface area contributed by atoms with Gasteiger partial charge in [-0.25, -0.2) is 4.98 Å². The molecule has 0 radical (unpaired) electrons. The van der Waals surface area contributed by atoms with Gasteiger partial charge in [-0.15, -0.1) is 11.3 Å². The molecule has 0 amide bonds. The van der Waals surface area contributed by atoms with Crippen LogP contribution >= 0.6 is 11.3 Å². The third-order valence-electron chi connectivity index (χ3n) is 1.50. The van der Waals surface area contributed by atoms with E-state index in [1.165, 1.54) is 0 Å². The van der Waals surface area contributed by atoms with E-state index < -0.39 is 6.10 Å². The Morgan fingerprint density at radius 1 is 1.77 bits per heavy atom. The fourth-order valence-electron chi connectivity index (χ4n) is 0.937. The Kier molecular flexibility index (Phi) is 4.92. The van der Waals surface area contributed by atoms with E-state index in [1.54, 1.807) is 24.6 Å². The van der Waals surface area contributed by atoms with Gasteiger partial charge in [-0.05, 0) is 0 Å². The van der Waals surface area contributed by atoms with Crippen molar-refractivity contribution in [3.63, 3.8) is 0 Å². The van der Waals surface area contributed by atoms with Crippen LogP contribution in [0.2, 0.25) is 0 Å². The van der Waals surface area contributed by atoms with Gasteiger partial charge in [0, 0.05) is 31.8 Å². The van der Waals surface area contributed by atoms with Crippen LogP contribution in [0.4, 0.5) is 0 Å². The second kappa shape index (κ2) is 6.04. The maximum atomic E-state index is 9.27. The fourth-order valence-corrected chi connectivity index (χ4v) is 1.52. The topological polar surface area (TPSA) is 54.4 Å². The molecule has 0 aliphatic rings. The Balaban J connectivity index is 2.07. The smallest absolute Gasteiger partial charge is 0.106 e. The number of nitrogens with zero attached hydrogens (tertiary/aromatic N) is 1. The third-order valence-corrected chi connectivity index (χ3v) is 2.28. The molecule has 0 aliphatic heterocycles. The van der Waals surface area contributed by atoms with E-state index in [0.29, 0.717) is 19.7 Å². The summed E-state index contributed by atoms with van der Waals surface area (Å²) in [6, 6.07) is 0. The second-order valence-electron chi connectivity index (χ2n) is 2.67. The standard InChI is InChI=1S/C8H14N2O2S/c1-12-6-7(11)4-9-5-8-10-2-3-13-8/h2-3,7,9,11H,4-6H2,1H3. The summed E-state index contributed by atoms with van der Waals surface area (Å²) < 4.78 is 4.79. The number of aliphatic hydroxyl groups excluding tert-OH is 1. The highest BCUT2D eigenvalue weighted by Crippen LogP contribution is 2.02. The average Bonchev–Trinajstić information content (AvgIpc) is 2.57. The van der Waals surface area contributed by atoms with E-state index in [0.717, 1.165) is 5.01 Å². The Labute approximate surface area is 81.6 Å². The first-order valence-corrected chi connectivity index (χ1v) is 4.97. The normalized spacial score (nSPS) is 13.1. The number of hydrogen-bond acceptors (Lipinski definition) is 5. The van der Waals surface area contributed by atoms with Crippen molar-refractivity contribution in [3.05, 3.63) is 16.6 Å². The highest BCUT2D eigenvalue weighted by molar-refractivity contribution is 7.09. The molecule has 0 aromatic carbocycles. The molecule has 0 spiro atoms. The van der Waals surface area contributed by atoms with E-state index in [1.807, 2.05) is 5.38 Å². The van der Waals surface area contributed by atoms with Crippen molar-refractivity contribution in [1.29, 1.82) is 0 Å². The van der Waals surface area contributed by atoms with Crippen LogP contribution in [0.3, 0.4) is 0 Å².